The molecule has 2 atom stereocenters. The van der Waals surface area contributed by atoms with Crippen LogP contribution >= 0.6 is 0 Å². The predicted molar refractivity (Wildman–Crippen MR) is 70.0 cm³/mol. The Balaban J connectivity index is 2.50. The molecule has 0 aliphatic heterocycles. The first kappa shape index (κ1) is 12.9. The first-order valence-corrected chi connectivity index (χ1v) is 6.44. The standard InChI is InChI=1S/C15H20O3/c1-9(2)14-11-5-4-6-13(18-3)10(11)7-8-12(14)15(16)17/h4-6,9,12,14H,7-8H2,1-3H3,(H,16,17). The summed E-state index contributed by atoms with van der Waals surface area (Å²) < 4.78 is 5.39. The van der Waals surface area contributed by atoms with Crippen LogP contribution in [0.4, 0.5) is 0 Å². The molecule has 18 heavy (non-hydrogen) atoms. The topological polar surface area (TPSA) is 46.5 Å². The Morgan fingerprint density at radius 1 is 1.44 bits per heavy atom. The molecule has 3 heteroatoms. The molecule has 0 saturated heterocycles. The number of carboxylic acids is 1. The zero-order valence-electron chi connectivity index (χ0n) is 11.1. The van der Waals surface area contributed by atoms with Gasteiger partial charge in [-0.25, -0.2) is 0 Å². The maximum absolute atomic E-state index is 11.4. The van der Waals surface area contributed by atoms with Gasteiger partial charge in [0.2, 0.25) is 0 Å². The van der Waals surface area contributed by atoms with Gasteiger partial charge in [0.15, 0.2) is 0 Å². The van der Waals surface area contributed by atoms with E-state index in [9.17, 15) is 9.90 Å². The minimum atomic E-state index is -0.679. The third kappa shape index (κ3) is 2.09. The second kappa shape index (κ2) is 5.01. The monoisotopic (exact) mass is 248 g/mol. The van der Waals surface area contributed by atoms with Crippen molar-refractivity contribution < 1.29 is 14.6 Å². The summed E-state index contributed by atoms with van der Waals surface area (Å²) in [5.41, 5.74) is 2.35. The van der Waals surface area contributed by atoms with Crippen LogP contribution in [0.2, 0.25) is 0 Å². The Morgan fingerprint density at radius 3 is 2.72 bits per heavy atom. The summed E-state index contributed by atoms with van der Waals surface area (Å²) in [6.45, 7) is 4.18. The number of benzene rings is 1. The van der Waals surface area contributed by atoms with Gasteiger partial charge in [-0.05, 0) is 41.9 Å². The Morgan fingerprint density at radius 2 is 2.17 bits per heavy atom. The number of rotatable bonds is 3. The summed E-state index contributed by atoms with van der Waals surface area (Å²) in [7, 11) is 1.67. The van der Waals surface area contributed by atoms with Crippen LogP contribution in [0.15, 0.2) is 18.2 Å². The van der Waals surface area contributed by atoms with Crippen LogP contribution in [0, 0.1) is 11.8 Å². The number of methoxy groups -OCH3 is 1. The maximum Gasteiger partial charge on any atom is 0.307 e. The van der Waals surface area contributed by atoms with Crippen molar-refractivity contribution in [2.24, 2.45) is 11.8 Å². The van der Waals surface area contributed by atoms with Crippen molar-refractivity contribution in [3.63, 3.8) is 0 Å². The zero-order chi connectivity index (χ0) is 13.3. The van der Waals surface area contributed by atoms with E-state index in [1.165, 1.54) is 5.56 Å². The Kier molecular flexibility index (Phi) is 3.60. The van der Waals surface area contributed by atoms with E-state index < -0.39 is 5.97 Å². The van der Waals surface area contributed by atoms with Gasteiger partial charge in [-0.1, -0.05) is 26.0 Å². The van der Waals surface area contributed by atoms with E-state index in [0.29, 0.717) is 12.3 Å². The smallest absolute Gasteiger partial charge is 0.307 e. The number of hydrogen-bond donors (Lipinski definition) is 1. The van der Waals surface area contributed by atoms with E-state index in [0.717, 1.165) is 17.7 Å². The number of aliphatic carboxylic acids is 1. The minimum absolute atomic E-state index is 0.0846. The minimum Gasteiger partial charge on any atom is -0.496 e. The largest absolute Gasteiger partial charge is 0.496 e. The van der Waals surface area contributed by atoms with E-state index in [1.807, 2.05) is 12.1 Å². The van der Waals surface area contributed by atoms with E-state index in [4.69, 9.17) is 4.74 Å². The lowest BCUT2D eigenvalue weighted by atomic mass is 9.70. The fourth-order valence-corrected chi connectivity index (χ4v) is 3.15. The SMILES string of the molecule is COc1cccc2c1CCC(C(=O)O)C2C(C)C. The lowest BCUT2D eigenvalue weighted by Crippen LogP contribution is -2.30. The third-order valence-corrected chi connectivity index (χ3v) is 3.92. The van der Waals surface area contributed by atoms with Crippen molar-refractivity contribution >= 4 is 5.97 Å². The summed E-state index contributed by atoms with van der Waals surface area (Å²) in [5, 5.41) is 9.38. The highest BCUT2D eigenvalue weighted by molar-refractivity contribution is 5.72. The van der Waals surface area contributed by atoms with E-state index in [2.05, 4.69) is 19.9 Å². The van der Waals surface area contributed by atoms with Crippen LogP contribution in [0.3, 0.4) is 0 Å². The van der Waals surface area contributed by atoms with Crippen molar-refractivity contribution in [1.29, 1.82) is 0 Å². The lowest BCUT2D eigenvalue weighted by molar-refractivity contribution is -0.143. The van der Waals surface area contributed by atoms with E-state index in [1.54, 1.807) is 7.11 Å². The van der Waals surface area contributed by atoms with Crippen molar-refractivity contribution in [2.75, 3.05) is 7.11 Å². The average molecular weight is 248 g/mol. The Bertz CT molecular complexity index is 451. The summed E-state index contributed by atoms with van der Waals surface area (Å²) in [4.78, 5) is 11.4. The molecule has 1 N–H and O–H groups in total. The molecule has 2 unspecified atom stereocenters. The number of fused-ring (bicyclic) bond motifs is 1. The molecule has 0 heterocycles. The molecule has 2 rings (SSSR count). The van der Waals surface area contributed by atoms with Gasteiger partial charge in [0.25, 0.3) is 0 Å². The molecule has 0 fully saturated rings. The first-order valence-electron chi connectivity index (χ1n) is 6.44. The zero-order valence-corrected chi connectivity index (χ0v) is 11.1. The van der Waals surface area contributed by atoms with Crippen molar-refractivity contribution in [3.8, 4) is 5.75 Å². The van der Waals surface area contributed by atoms with Gasteiger partial charge in [0.05, 0.1) is 13.0 Å². The first-order chi connectivity index (χ1) is 8.56. The molecule has 0 amide bonds. The van der Waals surface area contributed by atoms with Crippen LogP contribution in [-0.4, -0.2) is 18.2 Å². The Hall–Kier alpha value is -1.51. The summed E-state index contributed by atoms with van der Waals surface area (Å²) in [5.74, 6) is 0.340. The van der Waals surface area contributed by atoms with Crippen molar-refractivity contribution in [2.45, 2.75) is 32.6 Å². The molecular formula is C15H20O3. The number of carboxylic acid groups (broad SMARTS) is 1. The highest BCUT2D eigenvalue weighted by atomic mass is 16.5. The maximum atomic E-state index is 11.4. The van der Waals surface area contributed by atoms with Crippen molar-refractivity contribution in [1.82, 2.24) is 0 Å². The highest BCUT2D eigenvalue weighted by Crippen LogP contribution is 2.43. The second-order valence-electron chi connectivity index (χ2n) is 5.28. The highest BCUT2D eigenvalue weighted by Gasteiger charge is 2.37. The normalized spacial score (nSPS) is 22.7. The molecule has 1 aromatic carbocycles. The molecule has 1 aliphatic carbocycles. The molecule has 0 aromatic heterocycles. The van der Waals surface area contributed by atoms with E-state index >= 15 is 0 Å². The van der Waals surface area contributed by atoms with Gasteiger partial charge in [-0.15, -0.1) is 0 Å². The molecule has 0 bridgehead atoms. The number of carbonyl (C=O) groups is 1. The second-order valence-corrected chi connectivity index (χ2v) is 5.28. The molecule has 0 saturated carbocycles. The third-order valence-electron chi connectivity index (χ3n) is 3.92. The number of hydrogen-bond acceptors (Lipinski definition) is 2. The summed E-state index contributed by atoms with van der Waals surface area (Å²) in [6.07, 6.45) is 1.49. The van der Waals surface area contributed by atoms with Crippen LogP contribution in [-0.2, 0) is 11.2 Å². The van der Waals surface area contributed by atoms with E-state index in [-0.39, 0.29) is 11.8 Å². The molecule has 98 valence electrons. The average Bonchev–Trinajstić information content (AvgIpc) is 2.35. The lowest BCUT2D eigenvalue weighted by Gasteiger charge is -2.34. The number of ether oxygens (including phenoxy) is 1. The quantitative estimate of drug-likeness (QED) is 0.894. The molecule has 0 radical (unpaired) electrons. The van der Waals surface area contributed by atoms with Crippen LogP contribution in [0.1, 0.15) is 37.3 Å². The van der Waals surface area contributed by atoms with Gasteiger partial charge < -0.3 is 9.84 Å². The fourth-order valence-electron chi connectivity index (χ4n) is 3.15. The Labute approximate surface area is 108 Å². The van der Waals surface area contributed by atoms with Gasteiger partial charge in [-0.3, -0.25) is 4.79 Å². The summed E-state index contributed by atoms with van der Waals surface area (Å²) >= 11 is 0. The fraction of sp³-hybridized carbons (Fsp3) is 0.533. The van der Waals surface area contributed by atoms with Gasteiger partial charge in [0.1, 0.15) is 5.75 Å². The van der Waals surface area contributed by atoms with Crippen LogP contribution < -0.4 is 4.74 Å². The predicted octanol–water partition coefficient (Wildman–Crippen LogP) is 3.08. The van der Waals surface area contributed by atoms with Gasteiger partial charge in [0, 0.05) is 0 Å². The molecule has 3 nitrogen and oxygen atoms in total. The van der Waals surface area contributed by atoms with Gasteiger partial charge >= 0.3 is 5.97 Å². The summed E-state index contributed by atoms with van der Waals surface area (Å²) in [6, 6.07) is 5.96. The molecule has 0 spiro atoms. The van der Waals surface area contributed by atoms with Crippen LogP contribution in [0.5, 0.6) is 5.75 Å². The van der Waals surface area contributed by atoms with Crippen molar-refractivity contribution in [3.05, 3.63) is 29.3 Å². The molecule has 1 aromatic rings. The molecular weight excluding hydrogens is 228 g/mol. The van der Waals surface area contributed by atoms with Crippen LogP contribution in [0.25, 0.3) is 0 Å². The van der Waals surface area contributed by atoms with Gasteiger partial charge in [-0.2, -0.15) is 0 Å². The molecule has 1 aliphatic rings.